The maximum Gasteiger partial charge on any atom is 0.411 e. The molecule has 4 aromatic rings. The summed E-state index contributed by atoms with van der Waals surface area (Å²) < 4.78 is 31.9. The number of nitrogens with one attached hydrogen (secondary N) is 2. The minimum Gasteiger partial charge on any atom is -0.453 e. The molecule has 430 valence electrons. The lowest BCUT2D eigenvalue weighted by atomic mass is 10.0. The Bertz CT molecular complexity index is 2800. The molecular formula is C58H85N9O10Si2. The van der Waals surface area contributed by atoms with Crippen molar-refractivity contribution in [1.82, 2.24) is 44.4 Å². The lowest BCUT2D eigenvalue weighted by molar-refractivity contribution is -0.136. The van der Waals surface area contributed by atoms with Crippen LogP contribution in [0.5, 0.6) is 0 Å². The lowest BCUT2D eigenvalue weighted by Gasteiger charge is -2.30. The number of rotatable bonds is 20. The maximum atomic E-state index is 14.5. The molecule has 2 N–H and O–H groups in total. The third-order valence-corrected chi connectivity index (χ3v) is 17.1. The number of carbonyl (C=O) groups excluding carboxylic acids is 5. The number of benzene rings is 2. The molecule has 4 unspecified atom stereocenters. The van der Waals surface area contributed by atoms with E-state index in [9.17, 15) is 24.0 Å². The van der Waals surface area contributed by atoms with Gasteiger partial charge >= 0.3 is 18.3 Å². The molecule has 19 nitrogen and oxygen atoms in total. The molecule has 2 aliphatic rings. The quantitative estimate of drug-likeness (QED) is 0.0368. The SMILES string of the molecule is COC(=O)NC(C(=O)N1CCCC1c1nc(-c2ccc(C#Cc3ccc(-c4cn(COCC[Si](C)(C)C)c(C5CN(C(=O)OC(C)(C)C)CN5C(=O)C(NC(=O)OC)C(C)C)n4)cc3)cc2)cn1COCC[Si](C)(C)C)C(C)C. The number of nitrogens with zero attached hydrogens (tertiary/aromatic N) is 7. The van der Waals surface area contributed by atoms with Crippen LogP contribution in [0.3, 0.4) is 0 Å². The zero-order valence-corrected chi connectivity index (χ0v) is 51.2. The molecule has 21 heteroatoms. The van der Waals surface area contributed by atoms with Gasteiger partial charge in [-0.25, -0.2) is 24.4 Å². The van der Waals surface area contributed by atoms with Crippen molar-refractivity contribution in [1.29, 1.82) is 0 Å². The van der Waals surface area contributed by atoms with Crippen LogP contribution in [0.1, 0.15) is 96.2 Å². The van der Waals surface area contributed by atoms with Crippen LogP contribution in [0.2, 0.25) is 51.4 Å². The summed E-state index contributed by atoms with van der Waals surface area (Å²) in [6, 6.07) is 15.0. The van der Waals surface area contributed by atoms with Gasteiger partial charge in [0.25, 0.3) is 0 Å². The molecule has 0 radical (unpaired) electrons. The van der Waals surface area contributed by atoms with Gasteiger partial charge in [0.15, 0.2) is 0 Å². The molecule has 2 saturated heterocycles. The van der Waals surface area contributed by atoms with Crippen LogP contribution in [0.25, 0.3) is 22.5 Å². The first kappa shape index (κ1) is 61.7. The summed E-state index contributed by atoms with van der Waals surface area (Å²) in [7, 11) is -0.213. The number of alkyl carbamates (subject to hydrolysis) is 2. The van der Waals surface area contributed by atoms with E-state index in [1.807, 2.05) is 103 Å². The Hall–Kier alpha value is -6.48. The summed E-state index contributed by atoms with van der Waals surface area (Å²) in [6.07, 6.45) is 3.46. The predicted octanol–water partition coefficient (Wildman–Crippen LogP) is 9.94. The smallest absolute Gasteiger partial charge is 0.411 e. The van der Waals surface area contributed by atoms with Gasteiger partial charge in [-0.3, -0.25) is 14.5 Å². The largest absolute Gasteiger partial charge is 0.453 e. The summed E-state index contributed by atoms with van der Waals surface area (Å²) in [4.78, 5) is 82.1. The van der Waals surface area contributed by atoms with Gasteiger partial charge in [0.2, 0.25) is 11.8 Å². The molecular weight excluding hydrogens is 1040 g/mol. The van der Waals surface area contributed by atoms with Gasteiger partial charge in [0.05, 0.1) is 44.9 Å². The Labute approximate surface area is 469 Å². The number of imidazole rings is 2. The second kappa shape index (κ2) is 26.7. The average Bonchev–Trinajstić information content (AvgIpc) is 4.32. The molecule has 79 heavy (non-hydrogen) atoms. The maximum absolute atomic E-state index is 14.5. The van der Waals surface area contributed by atoms with Gasteiger partial charge in [-0.15, -0.1) is 0 Å². The van der Waals surface area contributed by atoms with Crippen LogP contribution in [-0.2, 0) is 46.7 Å². The van der Waals surface area contributed by atoms with Crippen molar-refractivity contribution >= 4 is 46.2 Å². The van der Waals surface area contributed by atoms with Crippen molar-refractivity contribution in [2.45, 2.75) is 156 Å². The van der Waals surface area contributed by atoms with Crippen molar-refractivity contribution in [3.8, 4) is 34.4 Å². The molecule has 4 atom stereocenters. The van der Waals surface area contributed by atoms with E-state index in [-0.39, 0.29) is 43.7 Å². The summed E-state index contributed by atoms with van der Waals surface area (Å²) in [5.74, 6) is 6.84. The number of aromatic nitrogens is 4. The summed E-state index contributed by atoms with van der Waals surface area (Å²) in [5, 5.41) is 5.44. The van der Waals surface area contributed by atoms with Crippen LogP contribution in [0.4, 0.5) is 14.4 Å². The molecule has 2 aliphatic heterocycles. The Morgan fingerprint density at radius 3 is 1.49 bits per heavy atom. The first-order chi connectivity index (χ1) is 37.1. The highest BCUT2D eigenvalue weighted by Crippen LogP contribution is 2.36. The summed E-state index contributed by atoms with van der Waals surface area (Å²) in [6.45, 7) is 28.9. The van der Waals surface area contributed by atoms with E-state index in [4.69, 9.17) is 33.7 Å². The number of methoxy groups -OCH3 is 2. The summed E-state index contributed by atoms with van der Waals surface area (Å²) >= 11 is 0. The molecule has 2 fully saturated rings. The fraction of sp³-hybridized carbons (Fsp3) is 0.569. The van der Waals surface area contributed by atoms with E-state index in [0.29, 0.717) is 38.0 Å². The zero-order valence-electron chi connectivity index (χ0n) is 49.2. The van der Waals surface area contributed by atoms with E-state index in [2.05, 4.69) is 61.8 Å². The highest BCUT2D eigenvalue weighted by Gasteiger charge is 2.44. The lowest BCUT2D eigenvalue weighted by Crippen LogP contribution is -2.51. The predicted molar refractivity (Wildman–Crippen MR) is 309 cm³/mol. The van der Waals surface area contributed by atoms with Crippen LogP contribution in [-0.4, -0.2) is 145 Å². The minimum absolute atomic E-state index is 0.0828. The monoisotopic (exact) mass is 1120 g/mol. The Balaban J connectivity index is 1.26. The van der Waals surface area contributed by atoms with Crippen LogP contribution < -0.4 is 10.6 Å². The number of ether oxygens (including phenoxy) is 5. The van der Waals surface area contributed by atoms with Gasteiger partial charge in [-0.1, -0.05) is 103 Å². The summed E-state index contributed by atoms with van der Waals surface area (Å²) in [5.41, 5.74) is 3.91. The fourth-order valence-electron chi connectivity index (χ4n) is 9.16. The molecule has 0 saturated carbocycles. The first-order valence-corrected chi connectivity index (χ1v) is 34.9. The average molecular weight is 1120 g/mol. The van der Waals surface area contributed by atoms with Crippen LogP contribution in [0, 0.1) is 23.7 Å². The second-order valence-electron chi connectivity index (χ2n) is 24.6. The highest BCUT2D eigenvalue weighted by atomic mass is 28.3. The molecule has 6 rings (SSSR count). The van der Waals surface area contributed by atoms with E-state index in [1.54, 1.807) is 25.7 Å². The second-order valence-corrected chi connectivity index (χ2v) is 35.8. The molecule has 4 heterocycles. The van der Waals surface area contributed by atoms with Gasteiger partial charge in [-0.2, -0.15) is 0 Å². The Morgan fingerprint density at radius 2 is 1.09 bits per heavy atom. The van der Waals surface area contributed by atoms with E-state index >= 15 is 0 Å². The van der Waals surface area contributed by atoms with Gasteiger partial charge in [-0.05, 0) is 81.8 Å². The standard InChI is InChI=1S/C58H85N9O10Si2/c1-39(2)49(61-55(70)73-8)53(68)66-28-16-17-47(66)51-59-45(33-64(51)37-75-29-31-78(10,11)12)43-24-20-41(21-25-43)18-19-42-22-26-44(27-23-42)46-34-65(38-76-30-32-79(13,14)15)52(60-46)48-35-63(57(72)77-58(5,6)7)36-67(48)54(69)50(40(3)4)62-56(71)74-9/h20-27,33-34,39-40,47-50H,16-17,28-32,35-38H2,1-15H3,(H,61,70)(H,62,71). The molecule has 0 bridgehead atoms. The van der Waals surface area contributed by atoms with Crippen molar-refractivity contribution in [3.63, 3.8) is 0 Å². The zero-order chi connectivity index (χ0) is 58.0. The topological polar surface area (TPSA) is 201 Å². The minimum atomic E-state index is -1.41. The number of hydrogen-bond acceptors (Lipinski definition) is 12. The highest BCUT2D eigenvalue weighted by molar-refractivity contribution is 6.76. The van der Waals surface area contributed by atoms with E-state index in [1.165, 1.54) is 19.1 Å². The third kappa shape index (κ3) is 17.3. The molecule has 5 amide bonds. The van der Waals surface area contributed by atoms with E-state index in [0.717, 1.165) is 58.7 Å². The third-order valence-electron chi connectivity index (χ3n) is 13.7. The van der Waals surface area contributed by atoms with Crippen molar-refractivity contribution < 1.29 is 47.7 Å². The van der Waals surface area contributed by atoms with Crippen molar-refractivity contribution in [2.24, 2.45) is 11.8 Å². The van der Waals surface area contributed by atoms with Crippen molar-refractivity contribution in [3.05, 3.63) is 83.7 Å². The van der Waals surface area contributed by atoms with Gasteiger partial charge in [0, 0.05) is 70.6 Å². The number of amides is 5. The Morgan fingerprint density at radius 1 is 0.658 bits per heavy atom. The van der Waals surface area contributed by atoms with E-state index < -0.39 is 64.1 Å². The van der Waals surface area contributed by atoms with Gasteiger partial charge in [0.1, 0.15) is 48.8 Å². The molecule has 2 aromatic carbocycles. The van der Waals surface area contributed by atoms with Crippen LogP contribution in [0.15, 0.2) is 60.9 Å². The van der Waals surface area contributed by atoms with Gasteiger partial charge < -0.3 is 53.3 Å². The number of carbonyl (C=O) groups is 5. The molecule has 0 spiro atoms. The fourth-order valence-corrected chi connectivity index (χ4v) is 10.7. The molecule has 0 aliphatic carbocycles. The van der Waals surface area contributed by atoms with Crippen molar-refractivity contribution in [2.75, 3.05) is 47.2 Å². The number of hydrogen-bond donors (Lipinski definition) is 2. The Kier molecular flexibility index (Phi) is 20.8. The molecule has 2 aromatic heterocycles. The normalized spacial score (nSPS) is 16.6. The number of likely N-dealkylation sites (tertiary alicyclic amines) is 1. The van der Waals surface area contributed by atoms with Crippen LogP contribution >= 0.6 is 0 Å². The first-order valence-electron chi connectivity index (χ1n) is 27.5.